The van der Waals surface area contributed by atoms with Crippen molar-refractivity contribution in [1.29, 1.82) is 0 Å². The van der Waals surface area contributed by atoms with Gasteiger partial charge in [0.05, 0.1) is 10.8 Å². The van der Waals surface area contributed by atoms with Gasteiger partial charge in [-0.25, -0.2) is 17.5 Å². The lowest BCUT2D eigenvalue weighted by atomic mass is 9.97. The fraction of sp³-hybridized carbons (Fsp3) is 0.385. The maximum absolute atomic E-state index is 13.1. The molecule has 0 atom stereocenters. The highest BCUT2D eigenvalue weighted by Gasteiger charge is 2.23. The third-order valence-corrected chi connectivity index (χ3v) is 4.15. The summed E-state index contributed by atoms with van der Waals surface area (Å²) in [5, 5.41) is 3.44. The normalized spacial score (nSPS) is 12.4. The first kappa shape index (κ1) is 16.7. The molecule has 120 valence electrons. The summed E-state index contributed by atoms with van der Waals surface area (Å²) in [7, 11) is -3.77. The van der Waals surface area contributed by atoms with Crippen molar-refractivity contribution in [1.82, 2.24) is 10.1 Å². The molecule has 0 aliphatic heterocycles. The average molecular weight is 348 g/mol. The van der Waals surface area contributed by atoms with Gasteiger partial charge in [0.2, 0.25) is 15.9 Å². The minimum absolute atomic E-state index is 0.137. The zero-order chi connectivity index (χ0) is 16.5. The first-order valence-corrected chi connectivity index (χ1v) is 8.38. The van der Waals surface area contributed by atoms with Crippen molar-refractivity contribution in [2.24, 2.45) is 0 Å². The van der Waals surface area contributed by atoms with E-state index in [1.165, 1.54) is 12.1 Å². The van der Waals surface area contributed by atoms with E-state index >= 15 is 0 Å². The fourth-order valence-corrected chi connectivity index (χ4v) is 2.85. The molecule has 1 N–H and O–H groups in total. The number of sulfonamides is 1. The summed E-state index contributed by atoms with van der Waals surface area (Å²) in [6.07, 6.45) is 0. The van der Waals surface area contributed by atoms with Crippen LogP contribution in [0.3, 0.4) is 0 Å². The van der Waals surface area contributed by atoms with Gasteiger partial charge in [0.15, 0.2) is 0 Å². The molecule has 1 heterocycles. The summed E-state index contributed by atoms with van der Waals surface area (Å²) >= 11 is 5.63. The second-order valence-electron chi connectivity index (χ2n) is 5.78. The van der Waals surface area contributed by atoms with Gasteiger partial charge in [-0.15, -0.1) is 0 Å². The van der Waals surface area contributed by atoms with E-state index in [4.69, 9.17) is 16.1 Å². The van der Waals surface area contributed by atoms with Crippen LogP contribution in [0.1, 0.15) is 32.2 Å². The molecule has 0 fully saturated rings. The Morgan fingerprint density at radius 1 is 1.36 bits per heavy atom. The Labute approximate surface area is 132 Å². The number of rotatable bonds is 4. The second kappa shape index (κ2) is 5.85. The highest BCUT2D eigenvalue weighted by Crippen LogP contribution is 2.22. The molecular weight excluding hydrogens is 333 g/mol. The van der Waals surface area contributed by atoms with Crippen molar-refractivity contribution in [3.05, 3.63) is 40.5 Å². The molecule has 9 heteroatoms. The monoisotopic (exact) mass is 347 g/mol. The van der Waals surface area contributed by atoms with E-state index in [9.17, 15) is 12.8 Å². The Morgan fingerprint density at radius 2 is 2.05 bits per heavy atom. The molecule has 1 aromatic carbocycles. The van der Waals surface area contributed by atoms with Gasteiger partial charge in [0.25, 0.3) is 5.95 Å². The fourth-order valence-electron chi connectivity index (χ4n) is 1.59. The van der Waals surface area contributed by atoms with Crippen molar-refractivity contribution in [3.8, 4) is 0 Å². The van der Waals surface area contributed by atoms with E-state index in [1.807, 2.05) is 20.8 Å². The van der Waals surface area contributed by atoms with Gasteiger partial charge < -0.3 is 4.52 Å². The number of halogens is 2. The number of benzene rings is 1. The average Bonchev–Trinajstić information content (AvgIpc) is 2.81. The highest BCUT2D eigenvalue weighted by molar-refractivity contribution is 7.91. The topological polar surface area (TPSA) is 85.1 Å². The summed E-state index contributed by atoms with van der Waals surface area (Å²) in [6, 6.07) is 3.71. The minimum atomic E-state index is -3.77. The van der Waals surface area contributed by atoms with Crippen LogP contribution in [0.15, 0.2) is 22.7 Å². The molecule has 0 amide bonds. The van der Waals surface area contributed by atoms with Gasteiger partial charge in [-0.1, -0.05) is 38.4 Å². The molecule has 0 spiro atoms. The van der Waals surface area contributed by atoms with Gasteiger partial charge in [-0.2, -0.15) is 4.98 Å². The molecule has 0 saturated heterocycles. The highest BCUT2D eigenvalue weighted by atomic mass is 35.5. The van der Waals surface area contributed by atoms with Crippen LogP contribution in [0.2, 0.25) is 5.02 Å². The number of nitrogens with one attached hydrogen (secondary N) is 1. The molecule has 1 aromatic heterocycles. The van der Waals surface area contributed by atoms with Crippen molar-refractivity contribution in [3.63, 3.8) is 0 Å². The second-order valence-corrected chi connectivity index (χ2v) is 7.91. The Morgan fingerprint density at radius 3 is 2.59 bits per heavy atom. The minimum Gasteiger partial charge on any atom is -0.337 e. The summed E-state index contributed by atoms with van der Waals surface area (Å²) < 4.78 is 44.4. The maximum atomic E-state index is 13.1. The Bertz CT molecular complexity index is 784. The maximum Gasteiger partial charge on any atom is 0.277 e. The van der Waals surface area contributed by atoms with E-state index in [-0.39, 0.29) is 22.1 Å². The SMILES string of the molecule is CC(C)(C)c1nc(NS(=O)(=O)Cc2ccc(F)c(Cl)c2)no1. The van der Waals surface area contributed by atoms with Crippen molar-refractivity contribution in [2.45, 2.75) is 31.9 Å². The van der Waals surface area contributed by atoms with Crippen LogP contribution in [0.5, 0.6) is 0 Å². The lowest BCUT2D eigenvalue weighted by Gasteiger charge is -2.10. The summed E-state index contributed by atoms with van der Waals surface area (Å²) in [4.78, 5) is 3.99. The van der Waals surface area contributed by atoms with Crippen molar-refractivity contribution >= 4 is 27.6 Å². The van der Waals surface area contributed by atoms with Gasteiger partial charge in [-0.3, -0.25) is 0 Å². The van der Waals surface area contributed by atoms with Gasteiger partial charge in [-0.05, 0) is 22.9 Å². The molecule has 0 radical (unpaired) electrons. The van der Waals surface area contributed by atoms with Gasteiger partial charge >= 0.3 is 0 Å². The van der Waals surface area contributed by atoms with Crippen LogP contribution in [0.4, 0.5) is 10.3 Å². The number of hydrogen-bond acceptors (Lipinski definition) is 5. The summed E-state index contributed by atoms with van der Waals surface area (Å²) in [5.74, 6) is -0.816. The Balaban J connectivity index is 2.14. The molecule has 0 bridgehead atoms. The lowest BCUT2D eigenvalue weighted by Crippen LogP contribution is -2.17. The third-order valence-electron chi connectivity index (χ3n) is 2.66. The lowest BCUT2D eigenvalue weighted by molar-refractivity contribution is 0.321. The largest absolute Gasteiger partial charge is 0.337 e. The first-order valence-electron chi connectivity index (χ1n) is 6.35. The quantitative estimate of drug-likeness (QED) is 0.918. The van der Waals surface area contributed by atoms with Crippen molar-refractivity contribution in [2.75, 3.05) is 4.72 Å². The number of nitrogens with zero attached hydrogens (tertiary/aromatic N) is 2. The van der Waals surface area contributed by atoms with Crippen LogP contribution in [-0.4, -0.2) is 18.6 Å². The zero-order valence-electron chi connectivity index (χ0n) is 12.2. The van der Waals surface area contributed by atoms with Crippen molar-refractivity contribution < 1.29 is 17.3 Å². The molecule has 22 heavy (non-hydrogen) atoms. The molecule has 2 aromatic rings. The molecule has 0 aliphatic carbocycles. The van der Waals surface area contributed by atoms with Crippen LogP contribution < -0.4 is 4.72 Å². The molecule has 6 nitrogen and oxygen atoms in total. The zero-order valence-corrected chi connectivity index (χ0v) is 13.8. The van der Waals surface area contributed by atoms with Crippen LogP contribution in [0.25, 0.3) is 0 Å². The first-order chi connectivity index (χ1) is 10.1. The number of anilines is 1. The van der Waals surface area contributed by atoms with E-state index in [0.29, 0.717) is 11.5 Å². The molecule has 0 saturated carbocycles. The Kier molecular flexibility index (Phi) is 4.44. The van der Waals surface area contributed by atoms with E-state index < -0.39 is 15.8 Å². The summed E-state index contributed by atoms with van der Waals surface area (Å²) in [6.45, 7) is 5.58. The molecular formula is C13H15ClFN3O3S. The van der Waals surface area contributed by atoms with Crippen LogP contribution in [-0.2, 0) is 21.2 Å². The Hall–Kier alpha value is -1.67. The van der Waals surface area contributed by atoms with E-state index in [0.717, 1.165) is 6.07 Å². The van der Waals surface area contributed by atoms with E-state index in [1.54, 1.807) is 0 Å². The smallest absolute Gasteiger partial charge is 0.277 e. The third kappa shape index (κ3) is 4.17. The number of hydrogen-bond donors (Lipinski definition) is 1. The standard InChI is InChI=1S/C13H15ClFN3O3S/c1-13(2,3)11-16-12(17-21-11)18-22(19,20)7-8-4-5-10(15)9(14)6-8/h4-6H,7H2,1-3H3,(H,17,18). The van der Waals surface area contributed by atoms with E-state index in [2.05, 4.69) is 14.9 Å². The van der Waals surface area contributed by atoms with Gasteiger partial charge in [0.1, 0.15) is 5.82 Å². The molecule has 0 aliphatic rings. The van der Waals surface area contributed by atoms with Crippen LogP contribution >= 0.6 is 11.6 Å². The van der Waals surface area contributed by atoms with Crippen LogP contribution in [0, 0.1) is 5.82 Å². The molecule has 2 rings (SSSR count). The number of aromatic nitrogens is 2. The predicted octanol–water partition coefficient (Wildman–Crippen LogP) is 3.10. The molecule has 0 unspecified atom stereocenters. The predicted molar refractivity (Wildman–Crippen MR) is 80.7 cm³/mol. The van der Waals surface area contributed by atoms with Gasteiger partial charge in [0, 0.05) is 5.41 Å². The summed E-state index contributed by atoms with van der Waals surface area (Å²) in [5.41, 5.74) is -0.0419.